The van der Waals surface area contributed by atoms with E-state index in [1.807, 2.05) is 0 Å². The Balaban J connectivity index is 1.68. The van der Waals surface area contributed by atoms with Crippen LogP contribution in [0.5, 0.6) is 5.75 Å². The Labute approximate surface area is 186 Å². The Morgan fingerprint density at radius 1 is 1.06 bits per heavy atom. The third-order valence-corrected chi connectivity index (χ3v) is 7.79. The van der Waals surface area contributed by atoms with Crippen LogP contribution in [0.1, 0.15) is 26.7 Å². The topological polar surface area (TPSA) is 116 Å². The highest BCUT2D eigenvalue weighted by Crippen LogP contribution is 2.31. The molecule has 0 radical (unpaired) electrons. The highest BCUT2D eigenvalue weighted by atomic mass is 32.2. The number of nitrogens with zero attached hydrogens (tertiary/aromatic N) is 1. The van der Waals surface area contributed by atoms with Crippen LogP contribution in [-0.2, 0) is 19.6 Å². The van der Waals surface area contributed by atoms with Gasteiger partial charge in [0, 0.05) is 30.6 Å². The van der Waals surface area contributed by atoms with E-state index in [4.69, 9.17) is 0 Å². The van der Waals surface area contributed by atoms with Crippen molar-refractivity contribution in [1.29, 1.82) is 0 Å². The molecular formula is C21H25N3O5S2. The molecular weight excluding hydrogens is 438 g/mol. The van der Waals surface area contributed by atoms with Crippen LogP contribution in [-0.4, -0.2) is 48.0 Å². The SMILES string of the molecule is CC(=O)Nc1ccc(SC(C)C(=O)Nc2cc(S(=O)(=O)N3CCCC3)ccc2O)cc1. The summed E-state index contributed by atoms with van der Waals surface area (Å²) in [5.41, 5.74) is 0.716. The Hall–Kier alpha value is -2.56. The van der Waals surface area contributed by atoms with Crippen LogP contribution in [0, 0.1) is 0 Å². The first-order valence-electron chi connectivity index (χ1n) is 9.85. The first kappa shape index (κ1) is 23.1. The van der Waals surface area contributed by atoms with Gasteiger partial charge < -0.3 is 15.7 Å². The number of thioether (sulfide) groups is 1. The largest absolute Gasteiger partial charge is 0.506 e. The number of amides is 2. The average Bonchev–Trinajstić information content (AvgIpc) is 3.26. The monoisotopic (exact) mass is 463 g/mol. The van der Waals surface area contributed by atoms with E-state index >= 15 is 0 Å². The van der Waals surface area contributed by atoms with E-state index in [0.29, 0.717) is 18.8 Å². The number of nitrogens with one attached hydrogen (secondary N) is 2. The number of sulfonamides is 1. The number of phenols is 1. The van der Waals surface area contributed by atoms with Crippen molar-refractivity contribution in [3.8, 4) is 5.75 Å². The van der Waals surface area contributed by atoms with Crippen molar-refractivity contribution in [2.75, 3.05) is 23.7 Å². The summed E-state index contributed by atoms with van der Waals surface area (Å²) >= 11 is 1.30. The van der Waals surface area contributed by atoms with Gasteiger partial charge in [0.15, 0.2) is 0 Å². The number of carbonyl (C=O) groups is 2. The first-order chi connectivity index (χ1) is 14.7. The third-order valence-electron chi connectivity index (χ3n) is 4.79. The lowest BCUT2D eigenvalue weighted by molar-refractivity contribution is -0.115. The number of hydrogen-bond donors (Lipinski definition) is 3. The second-order valence-corrected chi connectivity index (χ2v) is 10.6. The van der Waals surface area contributed by atoms with Gasteiger partial charge in [-0.05, 0) is 62.2 Å². The van der Waals surface area contributed by atoms with Crippen molar-refractivity contribution in [3.63, 3.8) is 0 Å². The number of phenolic OH excluding ortho intramolecular Hbond substituents is 1. The molecule has 2 aromatic carbocycles. The molecule has 0 spiro atoms. The molecule has 0 aliphatic carbocycles. The van der Waals surface area contributed by atoms with Crippen LogP contribution in [0.15, 0.2) is 52.3 Å². The van der Waals surface area contributed by atoms with Crippen molar-refractivity contribution in [3.05, 3.63) is 42.5 Å². The second-order valence-electron chi connectivity index (χ2n) is 7.25. The van der Waals surface area contributed by atoms with Gasteiger partial charge in [-0.3, -0.25) is 9.59 Å². The molecule has 3 rings (SSSR count). The first-order valence-corrected chi connectivity index (χ1v) is 12.2. The summed E-state index contributed by atoms with van der Waals surface area (Å²) in [7, 11) is -3.66. The van der Waals surface area contributed by atoms with Gasteiger partial charge in [0.05, 0.1) is 15.8 Å². The Kier molecular flexibility index (Phi) is 7.24. The number of carbonyl (C=O) groups excluding carboxylic acids is 2. The summed E-state index contributed by atoms with van der Waals surface area (Å²) < 4.78 is 26.9. The molecule has 1 unspecified atom stereocenters. The molecule has 3 N–H and O–H groups in total. The quantitative estimate of drug-likeness (QED) is 0.429. The maximum absolute atomic E-state index is 12.8. The molecule has 1 atom stereocenters. The van der Waals surface area contributed by atoms with Gasteiger partial charge in [-0.15, -0.1) is 11.8 Å². The fourth-order valence-corrected chi connectivity index (χ4v) is 5.58. The minimum absolute atomic E-state index is 0.0383. The molecule has 1 aliphatic heterocycles. The number of rotatable bonds is 7. The summed E-state index contributed by atoms with van der Waals surface area (Å²) in [5, 5.41) is 14.9. The summed E-state index contributed by atoms with van der Waals surface area (Å²) in [6.45, 7) is 4.08. The van der Waals surface area contributed by atoms with Crippen LogP contribution in [0.2, 0.25) is 0 Å². The highest BCUT2D eigenvalue weighted by molar-refractivity contribution is 8.00. The van der Waals surface area contributed by atoms with Gasteiger partial charge in [-0.25, -0.2) is 8.42 Å². The van der Waals surface area contributed by atoms with Gasteiger partial charge in [-0.1, -0.05) is 0 Å². The highest BCUT2D eigenvalue weighted by Gasteiger charge is 2.28. The third kappa shape index (κ3) is 5.78. The zero-order valence-electron chi connectivity index (χ0n) is 17.3. The van der Waals surface area contributed by atoms with Crippen LogP contribution >= 0.6 is 11.8 Å². The second kappa shape index (κ2) is 9.71. The lowest BCUT2D eigenvalue weighted by Gasteiger charge is -2.17. The zero-order chi connectivity index (χ0) is 22.6. The minimum atomic E-state index is -3.66. The standard InChI is InChI=1S/C21H25N3O5S2/c1-14(30-17-7-5-16(6-8-17)22-15(2)25)21(27)23-19-13-18(9-10-20(19)26)31(28,29)24-11-3-4-12-24/h5-10,13-14,26H,3-4,11-12H2,1-2H3,(H,22,25)(H,23,27). The lowest BCUT2D eigenvalue weighted by Crippen LogP contribution is -2.28. The van der Waals surface area contributed by atoms with Gasteiger partial charge in [0.25, 0.3) is 0 Å². The van der Waals surface area contributed by atoms with E-state index in [0.717, 1.165) is 17.7 Å². The van der Waals surface area contributed by atoms with Crippen molar-refractivity contribution in [1.82, 2.24) is 4.31 Å². The van der Waals surface area contributed by atoms with E-state index in [1.54, 1.807) is 31.2 Å². The normalized spacial score (nSPS) is 15.4. The number of aromatic hydroxyl groups is 1. The predicted octanol–water partition coefficient (Wildman–Crippen LogP) is 3.25. The molecule has 1 fully saturated rings. The molecule has 0 aromatic heterocycles. The van der Waals surface area contributed by atoms with E-state index < -0.39 is 15.3 Å². The van der Waals surface area contributed by atoms with Crippen LogP contribution in [0.3, 0.4) is 0 Å². The maximum atomic E-state index is 12.8. The van der Waals surface area contributed by atoms with Crippen molar-refractivity contribution < 1.29 is 23.1 Å². The Morgan fingerprint density at radius 3 is 2.32 bits per heavy atom. The minimum Gasteiger partial charge on any atom is -0.506 e. The molecule has 1 aliphatic rings. The molecule has 1 saturated heterocycles. The predicted molar refractivity (Wildman–Crippen MR) is 121 cm³/mol. The summed E-state index contributed by atoms with van der Waals surface area (Å²) in [4.78, 5) is 24.6. The zero-order valence-corrected chi connectivity index (χ0v) is 18.9. The van der Waals surface area contributed by atoms with Crippen molar-refractivity contribution in [2.24, 2.45) is 0 Å². The van der Waals surface area contributed by atoms with Gasteiger partial charge in [-0.2, -0.15) is 4.31 Å². The maximum Gasteiger partial charge on any atom is 0.243 e. The van der Waals surface area contributed by atoms with Crippen molar-refractivity contribution >= 4 is 45.0 Å². The van der Waals surface area contributed by atoms with Gasteiger partial charge in [0.2, 0.25) is 21.8 Å². The van der Waals surface area contributed by atoms with E-state index in [2.05, 4.69) is 10.6 Å². The molecule has 0 saturated carbocycles. The van der Waals surface area contributed by atoms with Gasteiger partial charge >= 0.3 is 0 Å². The molecule has 10 heteroatoms. The van der Waals surface area contributed by atoms with Crippen LogP contribution in [0.4, 0.5) is 11.4 Å². The molecule has 1 heterocycles. The summed E-state index contributed by atoms with van der Waals surface area (Å²) in [6.07, 6.45) is 1.64. The Bertz CT molecular complexity index is 1060. The van der Waals surface area contributed by atoms with Crippen LogP contribution in [0.25, 0.3) is 0 Å². The smallest absolute Gasteiger partial charge is 0.243 e. The van der Waals surface area contributed by atoms with Crippen molar-refractivity contribution in [2.45, 2.75) is 41.7 Å². The molecule has 0 bridgehead atoms. The Morgan fingerprint density at radius 2 is 1.71 bits per heavy atom. The summed E-state index contributed by atoms with van der Waals surface area (Å²) in [6, 6.07) is 11.0. The fraction of sp³-hybridized carbons (Fsp3) is 0.333. The lowest BCUT2D eigenvalue weighted by atomic mass is 10.3. The summed E-state index contributed by atoms with van der Waals surface area (Å²) in [5.74, 6) is -0.741. The van der Waals surface area contributed by atoms with Crippen LogP contribution < -0.4 is 10.6 Å². The average molecular weight is 464 g/mol. The molecule has 2 aromatic rings. The fourth-order valence-electron chi connectivity index (χ4n) is 3.17. The van der Waals surface area contributed by atoms with Gasteiger partial charge in [0.1, 0.15) is 5.75 Å². The molecule has 166 valence electrons. The number of anilines is 2. The van der Waals surface area contributed by atoms with E-state index in [1.165, 1.54) is 41.2 Å². The number of benzene rings is 2. The number of hydrogen-bond acceptors (Lipinski definition) is 6. The van der Waals surface area contributed by atoms with E-state index in [9.17, 15) is 23.1 Å². The molecule has 2 amide bonds. The molecule has 31 heavy (non-hydrogen) atoms. The molecule has 8 nitrogen and oxygen atoms in total. The van der Waals surface area contributed by atoms with E-state index in [-0.39, 0.29) is 28.1 Å².